The highest BCUT2D eigenvalue weighted by molar-refractivity contribution is 5.90. The summed E-state index contributed by atoms with van der Waals surface area (Å²) in [6.07, 6.45) is -1.55. The Morgan fingerprint density at radius 3 is 2.09 bits per heavy atom. The summed E-state index contributed by atoms with van der Waals surface area (Å²) >= 11 is 0. The number of hydrogen-bond donors (Lipinski definition) is 3. The fraction of sp³-hybridized carbons (Fsp3) is 0.500. The van der Waals surface area contributed by atoms with Gasteiger partial charge >= 0.3 is 17.9 Å². The number of amides is 2. The Hall–Kier alpha value is -3.47. The molecule has 1 aromatic carbocycles. The number of benzene rings is 1. The molecule has 1 aromatic rings. The van der Waals surface area contributed by atoms with E-state index in [9.17, 15) is 29.1 Å². The van der Waals surface area contributed by atoms with E-state index in [1.165, 1.54) is 6.92 Å². The van der Waals surface area contributed by atoms with Crippen molar-refractivity contribution in [1.29, 1.82) is 0 Å². The van der Waals surface area contributed by atoms with Crippen molar-refractivity contribution in [3.05, 3.63) is 35.9 Å². The van der Waals surface area contributed by atoms with Crippen molar-refractivity contribution in [2.24, 2.45) is 0 Å². The summed E-state index contributed by atoms with van der Waals surface area (Å²) in [4.78, 5) is 59.7. The molecular weight excluding hydrogens is 436 g/mol. The van der Waals surface area contributed by atoms with Crippen molar-refractivity contribution in [2.45, 2.75) is 57.4 Å². The Morgan fingerprint density at radius 2 is 1.52 bits per heavy atom. The molecule has 0 aliphatic rings. The van der Waals surface area contributed by atoms with Gasteiger partial charge in [0, 0.05) is 6.92 Å². The van der Waals surface area contributed by atoms with Crippen LogP contribution < -0.4 is 10.6 Å². The summed E-state index contributed by atoms with van der Waals surface area (Å²) in [6, 6.07) is 6.54. The van der Waals surface area contributed by atoms with Crippen LogP contribution in [0.15, 0.2) is 30.3 Å². The number of nitrogens with one attached hydrogen (secondary N) is 2. The summed E-state index contributed by atoms with van der Waals surface area (Å²) in [5, 5.41) is 14.4. The highest BCUT2D eigenvalue weighted by Gasteiger charge is 2.28. The maximum Gasteiger partial charge on any atom is 0.334 e. The van der Waals surface area contributed by atoms with E-state index in [0.29, 0.717) is 0 Å². The number of carbonyl (C=O) groups excluding carboxylic acids is 5. The van der Waals surface area contributed by atoms with Crippen molar-refractivity contribution < 1.29 is 43.3 Å². The lowest BCUT2D eigenvalue weighted by Crippen LogP contribution is -2.47. The zero-order chi connectivity index (χ0) is 24.8. The number of hydrogen-bond acceptors (Lipinski definition) is 9. The molecule has 0 aliphatic carbocycles. The lowest BCUT2D eigenvalue weighted by molar-refractivity contribution is -0.150. The number of esters is 3. The van der Waals surface area contributed by atoms with Crippen molar-refractivity contribution in [1.82, 2.24) is 10.6 Å². The zero-order valence-corrected chi connectivity index (χ0v) is 18.9. The Bertz CT molecular complexity index is 813. The fourth-order valence-corrected chi connectivity index (χ4v) is 2.87. The molecule has 0 spiro atoms. The van der Waals surface area contributed by atoms with Gasteiger partial charge in [0.2, 0.25) is 11.8 Å². The van der Waals surface area contributed by atoms with Crippen LogP contribution in [0.3, 0.4) is 0 Å². The quantitative estimate of drug-likeness (QED) is 0.268. The Kier molecular flexibility index (Phi) is 12.2. The highest BCUT2D eigenvalue weighted by atomic mass is 16.5. The third-order valence-corrected chi connectivity index (χ3v) is 4.54. The molecule has 0 bridgehead atoms. The van der Waals surface area contributed by atoms with Gasteiger partial charge in [0.15, 0.2) is 6.10 Å². The molecule has 1 rings (SSSR count). The summed E-state index contributed by atoms with van der Waals surface area (Å²) in [7, 11) is 2.28. The van der Waals surface area contributed by atoms with Crippen LogP contribution in [0.25, 0.3) is 0 Å². The molecule has 182 valence electrons. The van der Waals surface area contributed by atoms with E-state index >= 15 is 0 Å². The van der Waals surface area contributed by atoms with Gasteiger partial charge < -0.3 is 30.0 Å². The van der Waals surface area contributed by atoms with Crippen LogP contribution in [-0.2, 0) is 44.8 Å². The molecule has 11 nitrogen and oxygen atoms in total. The Morgan fingerprint density at radius 1 is 0.879 bits per heavy atom. The smallest absolute Gasteiger partial charge is 0.334 e. The van der Waals surface area contributed by atoms with Gasteiger partial charge in [-0.15, -0.1) is 0 Å². The van der Waals surface area contributed by atoms with E-state index in [1.807, 2.05) is 6.07 Å². The number of rotatable bonds is 13. The number of aliphatic hydroxyl groups is 1. The van der Waals surface area contributed by atoms with Crippen LogP contribution in [0.2, 0.25) is 0 Å². The van der Waals surface area contributed by atoms with Crippen LogP contribution in [0, 0.1) is 0 Å². The third-order valence-electron chi connectivity index (χ3n) is 4.54. The van der Waals surface area contributed by atoms with Crippen LogP contribution in [0.4, 0.5) is 0 Å². The first-order chi connectivity index (χ1) is 15.7. The van der Waals surface area contributed by atoms with Crippen LogP contribution in [0.1, 0.15) is 38.2 Å². The highest BCUT2D eigenvalue weighted by Crippen LogP contribution is 2.09. The van der Waals surface area contributed by atoms with Crippen molar-refractivity contribution in [3.63, 3.8) is 0 Å². The van der Waals surface area contributed by atoms with Gasteiger partial charge in [-0.25, -0.2) is 14.4 Å². The van der Waals surface area contributed by atoms with Crippen molar-refractivity contribution >= 4 is 29.7 Å². The standard InChI is InChI=1S/C22H30N2O9/c1-14(25)23-17(21(29)33-13-15-8-5-4-6-9-15)12-19(27)24-16(20(28)31-2)10-7-11-18(26)22(30)32-3/h4-6,8-9,16-18,26H,7,10-13H2,1-3H3,(H,23,25)(H,24,27)/t16-,17-,18?/m0/s1. The summed E-state index contributed by atoms with van der Waals surface area (Å²) in [5.74, 6) is -3.58. The summed E-state index contributed by atoms with van der Waals surface area (Å²) < 4.78 is 14.3. The van der Waals surface area contributed by atoms with Gasteiger partial charge in [-0.2, -0.15) is 0 Å². The molecular formula is C22H30N2O9. The molecule has 0 aliphatic heterocycles. The average Bonchev–Trinajstić information content (AvgIpc) is 2.80. The minimum absolute atomic E-state index is 0.0103. The minimum atomic E-state index is -1.35. The summed E-state index contributed by atoms with van der Waals surface area (Å²) in [6.45, 7) is 1.16. The number of methoxy groups -OCH3 is 2. The molecule has 11 heteroatoms. The topological polar surface area (TPSA) is 157 Å². The van der Waals surface area contributed by atoms with Gasteiger partial charge in [-0.1, -0.05) is 30.3 Å². The van der Waals surface area contributed by atoms with E-state index in [2.05, 4.69) is 20.1 Å². The van der Waals surface area contributed by atoms with Crippen molar-refractivity contribution in [2.75, 3.05) is 14.2 Å². The predicted octanol–water partition coefficient (Wildman–Crippen LogP) is -0.0134. The van der Waals surface area contributed by atoms with Crippen LogP contribution >= 0.6 is 0 Å². The van der Waals surface area contributed by atoms with E-state index in [0.717, 1.165) is 19.8 Å². The third kappa shape index (κ3) is 10.6. The molecule has 3 atom stereocenters. The lowest BCUT2D eigenvalue weighted by atomic mass is 10.1. The molecule has 0 fully saturated rings. The van der Waals surface area contributed by atoms with Gasteiger partial charge in [-0.3, -0.25) is 9.59 Å². The molecule has 0 saturated carbocycles. The second kappa shape index (κ2) is 14.6. The van der Waals surface area contributed by atoms with Crippen molar-refractivity contribution in [3.8, 4) is 0 Å². The van der Waals surface area contributed by atoms with Crippen LogP contribution in [0.5, 0.6) is 0 Å². The average molecular weight is 466 g/mol. The minimum Gasteiger partial charge on any atom is -0.467 e. The monoisotopic (exact) mass is 466 g/mol. The maximum atomic E-state index is 12.5. The van der Waals surface area contributed by atoms with E-state index < -0.39 is 54.3 Å². The first-order valence-electron chi connectivity index (χ1n) is 10.3. The molecule has 33 heavy (non-hydrogen) atoms. The normalized spacial score (nSPS) is 13.1. The Balaban J connectivity index is 2.69. The SMILES string of the molecule is COC(=O)C(O)CCC[C@H](NC(=O)C[C@H](NC(C)=O)C(=O)OCc1ccccc1)C(=O)OC. The number of ether oxygens (including phenoxy) is 3. The fourth-order valence-electron chi connectivity index (χ4n) is 2.87. The first kappa shape index (κ1) is 27.6. The van der Waals surface area contributed by atoms with E-state index in [4.69, 9.17) is 4.74 Å². The largest absolute Gasteiger partial charge is 0.467 e. The zero-order valence-electron chi connectivity index (χ0n) is 18.9. The summed E-state index contributed by atoms with van der Waals surface area (Å²) in [5.41, 5.74) is 0.733. The molecule has 0 radical (unpaired) electrons. The second-order valence-corrected chi connectivity index (χ2v) is 7.16. The number of aliphatic hydroxyl groups excluding tert-OH is 1. The Labute approximate surface area is 191 Å². The first-order valence-corrected chi connectivity index (χ1v) is 10.3. The van der Waals surface area contributed by atoms with Gasteiger partial charge in [0.1, 0.15) is 18.7 Å². The van der Waals surface area contributed by atoms with Crippen LogP contribution in [-0.4, -0.2) is 67.2 Å². The van der Waals surface area contributed by atoms with Gasteiger partial charge in [0.25, 0.3) is 0 Å². The van der Waals surface area contributed by atoms with Gasteiger partial charge in [0.05, 0.1) is 20.6 Å². The second-order valence-electron chi connectivity index (χ2n) is 7.16. The lowest BCUT2D eigenvalue weighted by Gasteiger charge is -2.20. The molecule has 2 amide bonds. The van der Waals surface area contributed by atoms with Gasteiger partial charge in [-0.05, 0) is 24.8 Å². The van der Waals surface area contributed by atoms with E-state index in [1.54, 1.807) is 24.3 Å². The molecule has 0 aromatic heterocycles. The molecule has 1 unspecified atom stereocenters. The molecule has 0 heterocycles. The predicted molar refractivity (Wildman–Crippen MR) is 114 cm³/mol. The van der Waals surface area contributed by atoms with E-state index in [-0.39, 0.29) is 25.9 Å². The molecule has 3 N–H and O–H groups in total. The maximum absolute atomic E-state index is 12.5. The number of carbonyl (C=O) groups is 5. The molecule has 0 saturated heterocycles.